The quantitative estimate of drug-likeness (QED) is 0.755. The Balaban J connectivity index is 1.62. The molecule has 8 nitrogen and oxygen atoms in total. The van der Waals surface area contributed by atoms with Gasteiger partial charge in [0.25, 0.3) is 10.0 Å². The van der Waals surface area contributed by atoms with Gasteiger partial charge < -0.3 is 14.2 Å². The van der Waals surface area contributed by atoms with Gasteiger partial charge in [0.2, 0.25) is 5.91 Å². The summed E-state index contributed by atoms with van der Waals surface area (Å²) in [4.78, 5) is 18.3. The molecule has 1 aliphatic rings. The number of aryl methyl sites for hydroxylation is 1. The molecule has 0 spiro atoms. The Bertz CT molecular complexity index is 892. The number of amides is 1. The average molecular weight is 392 g/mol. The maximum absolute atomic E-state index is 12.7. The minimum Gasteiger partial charge on any atom is -0.497 e. The van der Waals surface area contributed by atoms with Gasteiger partial charge in [0, 0.05) is 39.4 Å². The molecular formula is C18H24N4O4S. The molecule has 0 bridgehead atoms. The Labute approximate surface area is 159 Å². The number of aromatic nitrogens is 2. The second kappa shape index (κ2) is 8.10. The van der Waals surface area contributed by atoms with Crippen LogP contribution < -0.4 is 4.74 Å². The SMILES string of the molecule is COc1ccc(CC(=O)N2CCCN(S(=O)(=O)c3cn(C)cn3)CC2)cc1. The topological polar surface area (TPSA) is 84.7 Å². The van der Waals surface area contributed by atoms with Crippen molar-refractivity contribution < 1.29 is 17.9 Å². The van der Waals surface area contributed by atoms with E-state index in [9.17, 15) is 13.2 Å². The lowest BCUT2D eigenvalue weighted by Gasteiger charge is -2.21. The van der Waals surface area contributed by atoms with E-state index in [0.29, 0.717) is 26.1 Å². The first kappa shape index (κ1) is 19.4. The Hall–Kier alpha value is -2.39. The molecule has 0 radical (unpaired) electrons. The van der Waals surface area contributed by atoms with Crippen LogP contribution >= 0.6 is 0 Å². The molecule has 0 aliphatic carbocycles. The third-order valence-electron chi connectivity index (χ3n) is 4.61. The van der Waals surface area contributed by atoms with Gasteiger partial charge in [-0.3, -0.25) is 4.79 Å². The summed E-state index contributed by atoms with van der Waals surface area (Å²) < 4.78 is 33.6. The summed E-state index contributed by atoms with van der Waals surface area (Å²) in [5.74, 6) is 0.744. The van der Waals surface area contributed by atoms with Crippen LogP contribution in [0.2, 0.25) is 0 Å². The maximum atomic E-state index is 12.7. The fraction of sp³-hybridized carbons (Fsp3) is 0.444. The van der Waals surface area contributed by atoms with Crippen LogP contribution in [0.15, 0.2) is 41.8 Å². The number of hydrogen-bond acceptors (Lipinski definition) is 5. The molecule has 2 aromatic rings. The number of nitrogens with zero attached hydrogens (tertiary/aromatic N) is 4. The molecule has 9 heteroatoms. The van der Waals surface area contributed by atoms with E-state index in [-0.39, 0.29) is 23.9 Å². The van der Waals surface area contributed by atoms with Crippen LogP contribution in [0.25, 0.3) is 0 Å². The molecule has 0 atom stereocenters. The van der Waals surface area contributed by atoms with E-state index in [2.05, 4.69) is 4.98 Å². The van der Waals surface area contributed by atoms with E-state index in [4.69, 9.17) is 4.74 Å². The Kier molecular flexibility index (Phi) is 5.81. The summed E-state index contributed by atoms with van der Waals surface area (Å²) in [6.45, 7) is 1.57. The molecule has 0 N–H and O–H groups in total. The Morgan fingerprint density at radius 1 is 1.15 bits per heavy atom. The second-order valence-corrected chi connectivity index (χ2v) is 8.43. The molecule has 1 fully saturated rings. The first-order valence-corrected chi connectivity index (χ1v) is 10.2. The summed E-state index contributed by atoms with van der Waals surface area (Å²) in [5, 5.41) is 0.0445. The van der Waals surface area contributed by atoms with Crippen molar-refractivity contribution in [2.24, 2.45) is 7.05 Å². The minimum absolute atomic E-state index is 0.00255. The van der Waals surface area contributed by atoms with Crippen LogP contribution in [0.5, 0.6) is 5.75 Å². The van der Waals surface area contributed by atoms with Crippen molar-refractivity contribution in [3.63, 3.8) is 0 Å². The van der Waals surface area contributed by atoms with E-state index in [0.717, 1.165) is 11.3 Å². The molecule has 27 heavy (non-hydrogen) atoms. The highest BCUT2D eigenvalue weighted by Gasteiger charge is 2.29. The van der Waals surface area contributed by atoms with Crippen molar-refractivity contribution in [3.05, 3.63) is 42.4 Å². The molecular weight excluding hydrogens is 368 g/mol. The third-order valence-corrected chi connectivity index (χ3v) is 6.39. The predicted octanol–water partition coefficient (Wildman–Crippen LogP) is 0.894. The number of methoxy groups -OCH3 is 1. The van der Waals surface area contributed by atoms with Crippen molar-refractivity contribution in [3.8, 4) is 5.75 Å². The van der Waals surface area contributed by atoms with Gasteiger partial charge in [-0.2, -0.15) is 4.31 Å². The average Bonchev–Trinajstić information content (AvgIpc) is 2.94. The summed E-state index contributed by atoms with van der Waals surface area (Å²) in [6, 6.07) is 7.39. The fourth-order valence-corrected chi connectivity index (χ4v) is 4.50. The van der Waals surface area contributed by atoms with E-state index >= 15 is 0 Å². The van der Waals surface area contributed by atoms with E-state index in [1.165, 1.54) is 16.8 Å². The highest BCUT2D eigenvalue weighted by atomic mass is 32.2. The summed E-state index contributed by atoms with van der Waals surface area (Å²) >= 11 is 0. The smallest absolute Gasteiger partial charge is 0.262 e. The van der Waals surface area contributed by atoms with Gasteiger partial charge in [-0.25, -0.2) is 13.4 Å². The Morgan fingerprint density at radius 2 is 1.89 bits per heavy atom. The Morgan fingerprint density at radius 3 is 2.52 bits per heavy atom. The standard InChI is InChI=1S/C18H24N4O4S/c1-20-13-17(19-14-20)27(24,25)22-9-3-8-21(10-11-22)18(23)12-15-4-6-16(26-2)7-5-15/h4-7,13-14H,3,8-12H2,1-2H3. The third kappa shape index (κ3) is 4.48. The molecule has 0 saturated carbocycles. The molecule has 3 rings (SSSR count). The number of imidazole rings is 1. The first-order chi connectivity index (χ1) is 12.9. The van der Waals surface area contributed by atoms with Crippen molar-refractivity contribution in [1.82, 2.24) is 18.8 Å². The molecule has 1 saturated heterocycles. The lowest BCUT2D eigenvalue weighted by atomic mass is 10.1. The summed E-state index contributed by atoms with van der Waals surface area (Å²) in [6.07, 6.45) is 3.85. The number of rotatable bonds is 5. The number of carbonyl (C=O) groups is 1. The van der Waals surface area contributed by atoms with Crippen molar-refractivity contribution in [2.75, 3.05) is 33.3 Å². The van der Waals surface area contributed by atoms with E-state index < -0.39 is 10.0 Å². The molecule has 2 heterocycles. The molecule has 0 unspecified atom stereocenters. The normalized spacial score (nSPS) is 16.1. The van der Waals surface area contributed by atoms with Gasteiger partial charge in [0.05, 0.1) is 19.9 Å². The molecule has 1 aromatic carbocycles. The highest BCUT2D eigenvalue weighted by molar-refractivity contribution is 7.89. The molecule has 1 amide bonds. The van der Waals surface area contributed by atoms with Crippen LogP contribution in [0.3, 0.4) is 0 Å². The number of hydrogen-bond donors (Lipinski definition) is 0. The second-order valence-electron chi connectivity index (χ2n) is 6.54. The number of sulfonamides is 1. The van der Waals surface area contributed by atoms with Crippen LogP contribution in [0.1, 0.15) is 12.0 Å². The van der Waals surface area contributed by atoms with Crippen molar-refractivity contribution >= 4 is 15.9 Å². The lowest BCUT2D eigenvalue weighted by Crippen LogP contribution is -2.38. The van der Waals surface area contributed by atoms with Gasteiger partial charge in [-0.15, -0.1) is 0 Å². The van der Waals surface area contributed by atoms with Crippen LogP contribution in [-0.4, -0.2) is 66.4 Å². The van der Waals surface area contributed by atoms with Gasteiger partial charge in [0.1, 0.15) is 5.75 Å². The molecule has 1 aliphatic heterocycles. The van der Waals surface area contributed by atoms with Crippen LogP contribution in [0.4, 0.5) is 0 Å². The minimum atomic E-state index is -3.63. The molecule has 146 valence electrons. The number of carbonyl (C=O) groups excluding carboxylic acids is 1. The molecule has 1 aromatic heterocycles. The zero-order chi connectivity index (χ0) is 19.4. The zero-order valence-electron chi connectivity index (χ0n) is 15.5. The number of ether oxygens (including phenoxy) is 1. The van der Waals surface area contributed by atoms with Gasteiger partial charge in [0.15, 0.2) is 5.03 Å². The van der Waals surface area contributed by atoms with Crippen molar-refractivity contribution in [2.45, 2.75) is 17.9 Å². The van der Waals surface area contributed by atoms with E-state index in [1.54, 1.807) is 23.6 Å². The van der Waals surface area contributed by atoms with Crippen LogP contribution in [-0.2, 0) is 28.3 Å². The van der Waals surface area contributed by atoms with E-state index in [1.807, 2.05) is 24.3 Å². The highest BCUT2D eigenvalue weighted by Crippen LogP contribution is 2.17. The number of benzene rings is 1. The first-order valence-electron chi connectivity index (χ1n) is 8.79. The lowest BCUT2D eigenvalue weighted by molar-refractivity contribution is -0.130. The summed E-state index contributed by atoms with van der Waals surface area (Å²) in [7, 11) is -0.301. The maximum Gasteiger partial charge on any atom is 0.262 e. The van der Waals surface area contributed by atoms with Crippen molar-refractivity contribution in [1.29, 1.82) is 0 Å². The largest absolute Gasteiger partial charge is 0.497 e. The fourth-order valence-electron chi connectivity index (χ4n) is 3.07. The van der Waals surface area contributed by atoms with Crippen LogP contribution in [0, 0.1) is 0 Å². The van der Waals surface area contributed by atoms with Gasteiger partial charge >= 0.3 is 0 Å². The zero-order valence-corrected chi connectivity index (χ0v) is 16.4. The van der Waals surface area contributed by atoms with Gasteiger partial charge in [-0.1, -0.05) is 12.1 Å². The van der Waals surface area contributed by atoms with Gasteiger partial charge in [-0.05, 0) is 24.1 Å². The predicted molar refractivity (Wildman–Crippen MR) is 99.9 cm³/mol. The monoisotopic (exact) mass is 392 g/mol. The summed E-state index contributed by atoms with van der Waals surface area (Å²) in [5.41, 5.74) is 0.906.